The minimum Gasteiger partial charge on any atom is -0.387 e. The highest BCUT2D eigenvalue weighted by atomic mass is 16.5. The van der Waals surface area contributed by atoms with Gasteiger partial charge in [-0.05, 0) is 24.5 Å². The molecule has 16 heavy (non-hydrogen) atoms. The van der Waals surface area contributed by atoms with Crippen LogP contribution in [0.1, 0.15) is 23.7 Å². The molecule has 0 bridgehead atoms. The molecule has 0 saturated carbocycles. The highest BCUT2D eigenvalue weighted by Gasteiger charge is 2.43. The van der Waals surface area contributed by atoms with E-state index >= 15 is 0 Å². The average Bonchev–Trinajstić information content (AvgIpc) is 2.78. The Morgan fingerprint density at radius 2 is 2.25 bits per heavy atom. The highest BCUT2D eigenvalue weighted by Crippen LogP contribution is 2.41. The fourth-order valence-corrected chi connectivity index (χ4v) is 2.14. The van der Waals surface area contributed by atoms with Gasteiger partial charge in [-0.3, -0.25) is 0 Å². The first-order valence-corrected chi connectivity index (χ1v) is 5.42. The molecule has 2 rings (SSSR count). The number of hydrogen-bond donors (Lipinski definition) is 1. The van der Waals surface area contributed by atoms with Gasteiger partial charge in [0.15, 0.2) is 0 Å². The fourth-order valence-electron chi connectivity index (χ4n) is 2.14. The zero-order valence-corrected chi connectivity index (χ0v) is 9.31. The zero-order chi connectivity index (χ0) is 11.6. The van der Waals surface area contributed by atoms with E-state index in [1.54, 1.807) is 0 Å². The number of aliphatic hydroxyl groups is 1. The Labute approximate surface area is 95.3 Å². The Kier molecular flexibility index (Phi) is 2.95. The number of nitrogens with zero attached hydrogens (tertiary/aromatic N) is 1. The van der Waals surface area contributed by atoms with Crippen molar-refractivity contribution in [2.75, 3.05) is 13.2 Å². The minimum absolute atomic E-state index is 0.318. The highest BCUT2D eigenvalue weighted by molar-refractivity contribution is 5.31. The van der Waals surface area contributed by atoms with Gasteiger partial charge in [0.05, 0.1) is 12.7 Å². The van der Waals surface area contributed by atoms with Crippen molar-refractivity contribution in [2.24, 2.45) is 5.41 Å². The van der Waals surface area contributed by atoms with Gasteiger partial charge >= 0.3 is 0 Å². The monoisotopic (exact) mass is 217 g/mol. The van der Waals surface area contributed by atoms with Crippen LogP contribution >= 0.6 is 0 Å². The van der Waals surface area contributed by atoms with Crippen LogP contribution in [0.15, 0.2) is 24.3 Å². The third-order valence-electron chi connectivity index (χ3n) is 3.28. The predicted octanol–water partition coefficient (Wildman–Crippen LogP) is 1.96. The molecule has 1 N–H and O–H groups in total. The molecule has 0 aromatic heterocycles. The molecule has 0 radical (unpaired) electrons. The maximum absolute atomic E-state index is 10.3. The van der Waals surface area contributed by atoms with Crippen molar-refractivity contribution >= 4 is 0 Å². The van der Waals surface area contributed by atoms with Gasteiger partial charge in [-0.1, -0.05) is 24.3 Å². The van der Waals surface area contributed by atoms with E-state index in [2.05, 4.69) is 6.07 Å². The van der Waals surface area contributed by atoms with Crippen molar-refractivity contribution in [3.63, 3.8) is 0 Å². The van der Waals surface area contributed by atoms with Gasteiger partial charge in [0.2, 0.25) is 0 Å². The quantitative estimate of drug-likeness (QED) is 0.823. The third-order valence-corrected chi connectivity index (χ3v) is 3.28. The lowest BCUT2D eigenvalue weighted by Gasteiger charge is -2.26. The molecule has 0 spiro atoms. The van der Waals surface area contributed by atoms with E-state index in [1.807, 2.05) is 31.2 Å². The Bertz CT molecular complexity index is 416. The largest absolute Gasteiger partial charge is 0.387 e. The van der Waals surface area contributed by atoms with Crippen molar-refractivity contribution in [2.45, 2.75) is 19.4 Å². The molecule has 2 atom stereocenters. The van der Waals surface area contributed by atoms with Crippen LogP contribution in [0.3, 0.4) is 0 Å². The van der Waals surface area contributed by atoms with Crippen LogP contribution < -0.4 is 0 Å². The molecule has 3 heteroatoms. The first-order valence-electron chi connectivity index (χ1n) is 5.42. The summed E-state index contributed by atoms with van der Waals surface area (Å²) in [6.07, 6.45) is -0.167. The van der Waals surface area contributed by atoms with Crippen LogP contribution in [0, 0.1) is 23.7 Å². The second-order valence-corrected chi connectivity index (χ2v) is 4.33. The summed E-state index contributed by atoms with van der Waals surface area (Å²) in [7, 11) is 0. The summed E-state index contributed by atoms with van der Waals surface area (Å²) in [5, 5.41) is 19.6. The number of hydrogen-bond acceptors (Lipinski definition) is 3. The first-order chi connectivity index (χ1) is 7.69. The third kappa shape index (κ3) is 1.71. The van der Waals surface area contributed by atoms with Crippen molar-refractivity contribution < 1.29 is 9.84 Å². The average molecular weight is 217 g/mol. The Morgan fingerprint density at radius 3 is 2.81 bits per heavy atom. The molecular weight excluding hydrogens is 202 g/mol. The molecule has 1 heterocycles. The lowest BCUT2D eigenvalue weighted by Crippen LogP contribution is -2.28. The molecule has 84 valence electrons. The van der Waals surface area contributed by atoms with Gasteiger partial charge in [0.1, 0.15) is 11.5 Å². The van der Waals surface area contributed by atoms with E-state index in [4.69, 9.17) is 4.74 Å². The van der Waals surface area contributed by atoms with Crippen LogP contribution in [-0.4, -0.2) is 18.3 Å². The smallest absolute Gasteiger partial charge is 0.113 e. The molecule has 1 aromatic carbocycles. The summed E-state index contributed by atoms with van der Waals surface area (Å²) < 4.78 is 5.25. The number of nitriles is 1. The van der Waals surface area contributed by atoms with Crippen LogP contribution in [0.4, 0.5) is 0 Å². The van der Waals surface area contributed by atoms with E-state index in [0.29, 0.717) is 19.6 Å². The van der Waals surface area contributed by atoms with Gasteiger partial charge in [-0.15, -0.1) is 0 Å². The maximum atomic E-state index is 10.3. The molecule has 1 aliphatic rings. The van der Waals surface area contributed by atoms with Crippen molar-refractivity contribution in [1.82, 2.24) is 0 Å². The number of rotatable bonds is 2. The van der Waals surface area contributed by atoms with Crippen LogP contribution in [0.5, 0.6) is 0 Å². The first kappa shape index (κ1) is 11.1. The number of benzene rings is 1. The van der Waals surface area contributed by atoms with Crippen LogP contribution in [0.25, 0.3) is 0 Å². The van der Waals surface area contributed by atoms with E-state index < -0.39 is 11.5 Å². The summed E-state index contributed by atoms with van der Waals surface area (Å²) in [6, 6.07) is 9.85. The molecule has 0 amide bonds. The minimum atomic E-state index is -0.772. The molecule has 0 aliphatic carbocycles. The maximum Gasteiger partial charge on any atom is 0.113 e. The number of ether oxygens (including phenoxy) is 1. The Balaban J connectivity index is 2.35. The molecule has 1 fully saturated rings. The predicted molar refractivity (Wildman–Crippen MR) is 59.6 cm³/mol. The summed E-state index contributed by atoms with van der Waals surface area (Å²) in [6.45, 7) is 2.81. The summed E-state index contributed by atoms with van der Waals surface area (Å²) >= 11 is 0. The van der Waals surface area contributed by atoms with E-state index in [1.165, 1.54) is 0 Å². The molecule has 1 aliphatic heterocycles. The fraction of sp³-hybridized carbons (Fsp3) is 0.462. The van der Waals surface area contributed by atoms with Gasteiger partial charge in [0.25, 0.3) is 0 Å². The summed E-state index contributed by atoms with van der Waals surface area (Å²) in [4.78, 5) is 0. The lowest BCUT2D eigenvalue weighted by molar-refractivity contribution is 0.0500. The summed E-state index contributed by atoms with van der Waals surface area (Å²) in [5.74, 6) is 0. The molecule has 1 saturated heterocycles. The van der Waals surface area contributed by atoms with E-state index in [-0.39, 0.29) is 0 Å². The van der Waals surface area contributed by atoms with E-state index in [9.17, 15) is 10.4 Å². The zero-order valence-electron chi connectivity index (χ0n) is 9.31. The normalized spacial score (nSPS) is 26.3. The SMILES string of the molecule is Cc1ccccc1C(O)C1(C#N)CCOC1. The van der Waals surface area contributed by atoms with Gasteiger partial charge < -0.3 is 9.84 Å². The molecule has 1 aromatic rings. The Hall–Kier alpha value is -1.37. The second-order valence-electron chi connectivity index (χ2n) is 4.33. The van der Waals surface area contributed by atoms with Crippen LogP contribution in [0.2, 0.25) is 0 Å². The van der Waals surface area contributed by atoms with Gasteiger partial charge in [-0.2, -0.15) is 5.26 Å². The standard InChI is InChI=1S/C13H15NO2/c1-10-4-2-3-5-11(10)12(15)13(8-14)6-7-16-9-13/h2-5,12,15H,6-7,9H2,1H3. The number of aryl methyl sites for hydroxylation is 1. The van der Waals surface area contributed by atoms with Crippen molar-refractivity contribution in [3.05, 3.63) is 35.4 Å². The van der Waals surface area contributed by atoms with Crippen molar-refractivity contribution in [3.8, 4) is 6.07 Å². The topological polar surface area (TPSA) is 53.2 Å². The van der Waals surface area contributed by atoms with Crippen LogP contribution in [-0.2, 0) is 4.74 Å². The molecule has 2 unspecified atom stereocenters. The lowest BCUT2D eigenvalue weighted by atomic mass is 9.78. The van der Waals surface area contributed by atoms with Gasteiger partial charge in [-0.25, -0.2) is 0 Å². The number of aliphatic hydroxyl groups excluding tert-OH is 1. The van der Waals surface area contributed by atoms with Crippen molar-refractivity contribution in [1.29, 1.82) is 5.26 Å². The Morgan fingerprint density at radius 1 is 1.50 bits per heavy atom. The molecule has 3 nitrogen and oxygen atoms in total. The second kappa shape index (κ2) is 4.25. The molecular formula is C13H15NO2. The summed E-state index contributed by atoms with van der Waals surface area (Å²) in [5.41, 5.74) is 1.07. The van der Waals surface area contributed by atoms with Gasteiger partial charge in [0, 0.05) is 6.61 Å². The van der Waals surface area contributed by atoms with E-state index in [0.717, 1.165) is 11.1 Å².